The van der Waals surface area contributed by atoms with E-state index in [4.69, 9.17) is 4.52 Å². The Morgan fingerprint density at radius 2 is 2.21 bits per heavy atom. The molecule has 1 aliphatic rings. The van der Waals surface area contributed by atoms with Gasteiger partial charge in [0.25, 0.3) is 0 Å². The smallest absolute Gasteiger partial charge is 0.321 e. The van der Waals surface area contributed by atoms with E-state index in [1.807, 2.05) is 0 Å². The van der Waals surface area contributed by atoms with Crippen molar-refractivity contribution in [2.75, 3.05) is 11.9 Å². The van der Waals surface area contributed by atoms with Crippen molar-refractivity contribution in [1.82, 2.24) is 10.1 Å². The first kappa shape index (κ1) is 12.2. The van der Waals surface area contributed by atoms with Gasteiger partial charge in [0, 0.05) is 12.5 Å². The second-order valence-corrected chi connectivity index (χ2v) is 5.52. The van der Waals surface area contributed by atoms with E-state index in [0.29, 0.717) is 11.9 Å². The first-order chi connectivity index (χ1) is 9.24. The Morgan fingerprint density at radius 1 is 1.37 bits per heavy atom. The van der Waals surface area contributed by atoms with Crippen molar-refractivity contribution in [3.8, 4) is 0 Å². The Kier molecular flexibility index (Phi) is 3.23. The van der Waals surface area contributed by atoms with Crippen molar-refractivity contribution in [3.63, 3.8) is 0 Å². The van der Waals surface area contributed by atoms with Gasteiger partial charge < -0.3 is 9.84 Å². The van der Waals surface area contributed by atoms with Gasteiger partial charge in [-0.1, -0.05) is 43.3 Å². The fourth-order valence-electron chi connectivity index (χ4n) is 2.56. The van der Waals surface area contributed by atoms with Crippen LogP contribution in [0.25, 0.3) is 0 Å². The van der Waals surface area contributed by atoms with Crippen molar-refractivity contribution >= 4 is 6.01 Å². The topological polar surface area (TPSA) is 51.0 Å². The van der Waals surface area contributed by atoms with Gasteiger partial charge in [-0.15, -0.1) is 0 Å². The second kappa shape index (κ2) is 5.03. The molecule has 1 N–H and O–H groups in total. The average Bonchev–Trinajstić information content (AvgIpc) is 3.02. The molecule has 4 heteroatoms. The van der Waals surface area contributed by atoms with Gasteiger partial charge >= 0.3 is 6.01 Å². The fourth-order valence-corrected chi connectivity index (χ4v) is 2.56. The van der Waals surface area contributed by atoms with Crippen LogP contribution >= 0.6 is 0 Å². The maximum atomic E-state index is 5.27. The lowest BCUT2D eigenvalue weighted by atomic mass is 10.0. The zero-order valence-electron chi connectivity index (χ0n) is 11.4. The van der Waals surface area contributed by atoms with Gasteiger partial charge in [-0.05, 0) is 29.9 Å². The summed E-state index contributed by atoms with van der Waals surface area (Å²) in [6.07, 6.45) is 2.17. The van der Waals surface area contributed by atoms with Crippen molar-refractivity contribution in [2.45, 2.75) is 32.6 Å². The minimum Gasteiger partial charge on any atom is -0.337 e. The molecule has 1 aromatic heterocycles. The minimum atomic E-state index is 0.287. The molecule has 0 saturated heterocycles. The SMILES string of the molecule is CC(C)CNc1nc(C2CCc3ccccc32)no1. The molecule has 2 aromatic rings. The third-order valence-electron chi connectivity index (χ3n) is 3.55. The zero-order chi connectivity index (χ0) is 13.2. The molecule has 1 atom stereocenters. The molecular weight excluding hydrogens is 238 g/mol. The van der Waals surface area contributed by atoms with E-state index in [9.17, 15) is 0 Å². The van der Waals surface area contributed by atoms with E-state index in [0.717, 1.165) is 25.2 Å². The zero-order valence-corrected chi connectivity index (χ0v) is 11.4. The van der Waals surface area contributed by atoms with Gasteiger partial charge in [-0.2, -0.15) is 4.98 Å². The number of hydrogen-bond donors (Lipinski definition) is 1. The maximum absolute atomic E-state index is 5.27. The standard InChI is InChI=1S/C15H19N3O/c1-10(2)9-16-15-17-14(18-19-15)13-8-7-11-5-3-4-6-12(11)13/h3-6,10,13H,7-9H2,1-2H3,(H,16,17,18). The molecule has 0 radical (unpaired) electrons. The summed E-state index contributed by atoms with van der Waals surface area (Å²) in [4.78, 5) is 4.47. The van der Waals surface area contributed by atoms with E-state index in [2.05, 4.69) is 53.6 Å². The van der Waals surface area contributed by atoms with Crippen LogP contribution in [0.5, 0.6) is 0 Å². The number of fused-ring (bicyclic) bond motifs is 1. The average molecular weight is 257 g/mol. The Labute approximate surface area is 113 Å². The molecule has 100 valence electrons. The van der Waals surface area contributed by atoms with Crippen LogP contribution in [-0.2, 0) is 6.42 Å². The maximum Gasteiger partial charge on any atom is 0.321 e. The summed E-state index contributed by atoms with van der Waals surface area (Å²) in [7, 11) is 0. The Bertz CT molecular complexity index is 562. The third-order valence-corrected chi connectivity index (χ3v) is 3.55. The summed E-state index contributed by atoms with van der Waals surface area (Å²) in [5.74, 6) is 1.65. The van der Waals surface area contributed by atoms with Gasteiger partial charge in [0.15, 0.2) is 5.82 Å². The van der Waals surface area contributed by atoms with Gasteiger partial charge in [-0.25, -0.2) is 0 Å². The van der Waals surface area contributed by atoms with Crippen LogP contribution in [0.4, 0.5) is 6.01 Å². The van der Waals surface area contributed by atoms with Crippen molar-refractivity contribution in [1.29, 1.82) is 0 Å². The molecule has 0 aliphatic heterocycles. The van der Waals surface area contributed by atoms with Crippen molar-refractivity contribution in [2.24, 2.45) is 5.92 Å². The van der Waals surface area contributed by atoms with Crippen LogP contribution in [0, 0.1) is 5.92 Å². The number of aryl methyl sites for hydroxylation is 1. The molecule has 0 bridgehead atoms. The van der Waals surface area contributed by atoms with Crippen LogP contribution in [0.2, 0.25) is 0 Å². The number of nitrogens with zero attached hydrogens (tertiary/aromatic N) is 2. The number of anilines is 1. The summed E-state index contributed by atoms with van der Waals surface area (Å²) < 4.78 is 5.27. The number of aromatic nitrogens is 2. The van der Waals surface area contributed by atoms with Gasteiger partial charge in [0.05, 0.1) is 0 Å². The van der Waals surface area contributed by atoms with Crippen LogP contribution in [0.1, 0.15) is 43.1 Å². The van der Waals surface area contributed by atoms with E-state index in [1.165, 1.54) is 11.1 Å². The Balaban J connectivity index is 1.77. The first-order valence-electron chi connectivity index (χ1n) is 6.89. The molecule has 1 heterocycles. The van der Waals surface area contributed by atoms with Gasteiger partial charge in [0.2, 0.25) is 0 Å². The van der Waals surface area contributed by atoms with E-state index >= 15 is 0 Å². The highest BCUT2D eigenvalue weighted by molar-refractivity contribution is 5.39. The van der Waals surface area contributed by atoms with Crippen LogP contribution in [0.15, 0.2) is 28.8 Å². The lowest BCUT2D eigenvalue weighted by Crippen LogP contribution is -2.08. The highest BCUT2D eigenvalue weighted by Crippen LogP contribution is 2.36. The number of rotatable bonds is 4. The number of hydrogen-bond acceptors (Lipinski definition) is 4. The Morgan fingerprint density at radius 3 is 3.05 bits per heavy atom. The molecule has 3 rings (SSSR count). The normalized spacial score (nSPS) is 17.7. The monoisotopic (exact) mass is 257 g/mol. The predicted octanol–water partition coefficient (Wildman–Crippen LogP) is 3.22. The molecule has 4 nitrogen and oxygen atoms in total. The molecule has 0 saturated carbocycles. The summed E-state index contributed by atoms with van der Waals surface area (Å²) in [6.45, 7) is 5.15. The summed E-state index contributed by atoms with van der Waals surface area (Å²) in [5, 5.41) is 7.30. The predicted molar refractivity (Wildman–Crippen MR) is 74.2 cm³/mol. The number of nitrogens with one attached hydrogen (secondary N) is 1. The van der Waals surface area contributed by atoms with E-state index < -0.39 is 0 Å². The molecule has 1 aliphatic carbocycles. The highest BCUT2D eigenvalue weighted by Gasteiger charge is 2.27. The van der Waals surface area contributed by atoms with Crippen molar-refractivity contribution < 1.29 is 4.52 Å². The largest absolute Gasteiger partial charge is 0.337 e. The minimum absolute atomic E-state index is 0.287. The molecule has 0 fully saturated rings. The summed E-state index contributed by atoms with van der Waals surface area (Å²) in [5.41, 5.74) is 2.76. The third kappa shape index (κ3) is 2.48. The van der Waals surface area contributed by atoms with Crippen LogP contribution in [0.3, 0.4) is 0 Å². The molecule has 19 heavy (non-hydrogen) atoms. The first-order valence-corrected chi connectivity index (χ1v) is 6.89. The molecule has 0 amide bonds. The van der Waals surface area contributed by atoms with Gasteiger partial charge in [-0.3, -0.25) is 0 Å². The molecule has 0 spiro atoms. The quantitative estimate of drug-likeness (QED) is 0.913. The lowest BCUT2D eigenvalue weighted by molar-refractivity contribution is 0.417. The highest BCUT2D eigenvalue weighted by atomic mass is 16.5. The van der Waals surface area contributed by atoms with Crippen LogP contribution in [-0.4, -0.2) is 16.7 Å². The summed E-state index contributed by atoms with van der Waals surface area (Å²) >= 11 is 0. The lowest BCUT2D eigenvalue weighted by Gasteiger charge is -2.05. The van der Waals surface area contributed by atoms with Gasteiger partial charge in [0.1, 0.15) is 0 Å². The molecule has 1 aromatic carbocycles. The molecule has 1 unspecified atom stereocenters. The summed E-state index contributed by atoms with van der Waals surface area (Å²) in [6, 6.07) is 9.06. The molecular formula is C15H19N3O. The second-order valence-electron chi connectivity index (χ2n) is 5.52. The van der Waals surface area contributed by atoms with E-state index in [1.54, 1.807) is 0 Å². The Hall–Kier alpha value is -1.84. The van der Waals surface area contributed by atoms with Crippen LogP contribution < -0.4 is 5.32 Å². The fraction of sp³-hybridized carbons (Fsp3) is 0.467. The van der Waals surface area contributed by atoms with E-state index in [-0.39, 0.29) is 5.92 Å². The van der Waals surface area contributed by atoms with Crippen molar-refractivity contribution in [3.05, 3.63) is 41.2 Å². The number of benzene rings is 1.